The Hall–Kier alpha value is -0.610. The fourth-order valence-electron chi connectivity index (χ4n) is 2.40. The number of rotatable bonds is 9. The van der Waals surface area contributed by atoms with E-state index in [0.717, 1.165) is 38.8 Å². The van der Waals surface area contributed by atoms with Gasteiger partial charge in [-0.25, -0.2) is 4.79 Å². The summed E-state index contributed by atoms with van der Waals surface area (Å²) in [7, 11) is 0. The van der Waals surface area contributed by atoms with Gasteiger partial charge in [0.05, 0.1) is 12.7 Å². The maximum atomic E-state index is 11.9. The van der Waals surface area contributed by atoms with Gasteiger partial charge in [0.2, 0.25) is 0 Å². The molecule has 1 saturated heterocycles. The van der Waals surface area contributed by atoms with Crippen LogP contribution in [0.25, 0.3) is 0 Å². The van der Waals surface area contributed by atoms with Crippen molar-refractivity contribution >= 4 is 5.97 Å². The monoisotopic (exact) mass is 271 g/mol. The molecular weight excluding hydrogens is 242 g/mol. The van der Waals surface area contributed by atoms with Crippen molar-refractivity contribution in [2.45, 2.75) is 71.0 Å². The topological polar surface area (TPSA) is 47.6 Å². The second kappa shape index (κ2) is 10.2. The summed E-state index contributed by atoms with van der Waals surface area (Å²) in [5.74, 6) is -0.183. The van der Waals surface area contributed by atoms with E-state index in [-0.39, 0.29) is 18.2 Å². The minimum absolute atomic E-state index is 0.183. The second-order valence-electron chi connectivity index (χ2n) is 5.18. The van der Waals surface area contributed by atoms with Crippen LogP contribution in [-0.4, -0.2) is 37.9 Å². The number of hydrogen-bond donors (Lipinski definition) is 1. The number of hydrogen-bond acceptors (Lipinski definition) is 4. The van der Waals surface area contributed by atoms with Gasteiger partial charge in [-0.1, -0.05) is 32.6 Å². The highest BCUT2D eigenvalue weighted by Crippen LogP contribution is 2.16. The molecule has 0 saturated carbocycles. The molecule has 0 amide bonds. The molecule has 0 spiro atoms. The lowest BCUT2D eigenvalue weighted by Gasteiger charge is -2.27. The molecular formula is C15H29NO3. The molecule has 1 aliphatic heterocycles. The zero-order chi connectivity index (χ0) is 13.9. The first-order valence-electron chi connectivity index (χ1n) is 7.80. The third-order valence-electron chi connectivity index (χ3n) is 3.51. The van der Waals surface area contributed by atoms with Crippen molar-refractivity contribution < 1.29 is 14.3 Å². The smallest absolute Gasteiger partial charge is 0.335 e. The van der Waals surface area contributed by atoms with Crippen LogP contribution in [0.15, 0.2) is 0 Å². The zero-order valence-electron chi connectivity index (χ0n) is 12.5. The SMILES string of the molecule is CCCCCCC(OC1CCNCC1)C(=O)OCC. The molecule has 0 radical (unpaired) electrons. The summed E-state index contributed by atoms with van der Waals surface area (Å²) in [5.41, 5.74) is 0. The van der Waals surface area contributed by atoms with E-state index in [0.29, 0.717) is 6.61 Å². The van der Waals surface area contributed by atoms with E-state index < -0.39 is 0 Å². The Kier molecular flexibility index (Phi) is 8.84. The molecule has 1 aliphatic rings. The third-order valence-corrected chi connectivity index (χ3v) is 3.51. The first-order valence-corrected chi connectivity index (χ1v) is 7.80. The van der Waals surface area contributed by atoms with Crippen LogP contribution < -0.4 is 5.32 Å². The minimum atomic E-state index is -0.361. The highest BCUT2D eigenvalue weighted by molar-refractivity contribution is 5.74. The predicted molar refractivity (Wildman–Crippen MR) is 76.2 cm³/mol. The van der Waals surface area contributed by atoms with Crippen LogP contribution in [0, 0.1) is 0 Å². The van der Waals surface area contributed by atoms with Crippen molar-refractivity contribution in [1.29, 1.82) is 0 Å². The van der Waals surface area contributed by atoms with Crippen molar-refractivity contribution in [3.05, 3.63) is 0 Å². The third kappa shape index (κ3) is 6.92. The molecule has 0 aliphatic carbocycles. The van der Waals surface area contributed by atoms with E-state index in [9.17, 15) is 4.79 Å². The number of piperidine rings is 1. The summed E-state index contributed by atoms with van der Waals surface area (Å²) in [6.07, 6.45) is 7.27. The van der Waals surface area contributed by atoms with E-state index in [1.165, 1.54) is 19.3 Å². The summed E-state index contributed by atoms with van der Waals surface area (Å²) >= 11 is 0. The first kappa shape index (κ1) is 16.4. The number of carbonyl (C=O) groups is 1. The van der Waals surface area contributed by atoms with Crippen LogP contribution >= 0.6 is 0 Å². The van der Waals surface area contributed by atoms with E-state index in [1.54, 1.807) is 0 Å². The molecule has 0 aromatic carbocycles. The Labute approximate surface area is 117 Å². The summed E-state index contributed by atoms with van der Waals surface area (Å²) in [5, 5.41) is 3.31. The second-order valence-corrected chi connectivity index (χ2v) is 5.18. The van der Waals surface area contributed by atoms with Crippen LogP contribution in [0.2, 0.25) is 0 Å². The number of unbranched alkanes of at least 4 members (excludes halogenated alkanes) is 3. The largest absolute Gasteiger partial charge is 0.464 e. The van der Waals surface area contributed by atoms with Crippen LogP contribution in [-0.2, 0) is 14.3 Å². The van der Waals surface area contributed by atoms with Crippen LogP contribution in [0.1, 0.15) is 58.8 Å². The Morgan fingerprint density at radius 1 is 1.21 bits per heavy atom. The molecule has 0 aromatic rings. The lowest BCUT2D eigenvalue weighted by Crippen LogP contribution is -2.37. The molecule has 4 nitrogen and oxygen atoms in total. The number of esters is 1. The highest BCUT2D eigenvalue weighted by atomic mass is 16.6. The van der Waals surface area contributed by atoms with Gasteiger partial charge in [0, 0.05) is 0 Å². The Bertz CT molecular complexity index is 240. The van der Waals surface area contributed by atoms with Gasteiger partial charge in [0.15, 0.2) is 6.10 Å². The van der Waals surface area contributed by atoms with Crippen LogP contribution in [0.5, 0.6) is 0 Å². The van der Waals surface area contributed by atoms with E-state index in [4.69, 9.17) is 9.47 Å². The lowest BCUT2D eigenvalue weighted by molar-refractivity contribution is -0.162. The average Bonchev–Trinajstić information content (AvgIpc) is 2.43. The summed E-state index contributed by atoms with van der Waals surface area (Å²) in [6.45, 7) is 6.43. The minimum Gasteiger partial charge on any atom is -0.464 e. The van der Waals surface area contributed by atoms with Crippen LogP contribution in [0.3, 0.4) is 0 Å². The molecule has 1 fully saturated rings. The Morgan fingerprint density at radius 3 is 2.58 bits per heavy atom. The molecule has 1 rings (SSSR count). The number of ether oxygens (including phenoxy) is 2. The molecule has 0 aromatic heterocycles. The molecule has 1 heterocycles. The molecule has 4 heteroatoms. The summed E-state index contributed by atoms with van der Waals surface area (Å²) in [6, 6.07) is 0. The van der Waals surface area contributed by atoms with Gasteiger partial charge in [-0.15, -0.1) is 0 Å². The number of nitrogens with one attached hydrogen (secondary N) is 1. The van der Waals surface area contributed by atoms with Crippen molar-refractivity contribution in [3.8, 4) is 0 Å². The van der Waals surface area contributed by atoms with E-state index >= 15 is 0 Å². The van der Waals surface area contributed by atoms with Crippen molar-refractivity contribution in [2.24, 2.45) is 0 Å². The molecule has 1 atom stereocenters. The van der Waals surface area contributed by atoms with E-state index in [1.807, 2.05) is 6.92 Å². The van der Waals surface area contributed by atoms with Crippen molar-refractivity contribution in [1.82, 2.24) is 5.32 Å². The Balaban J connectivity index is 2.36. The van der Waals surface area contributed by atoms with Gasteiger partial charge in [-0.3, -0.25) is 0 Å². The molecule has 1 unspecified atom stereocenters. The van der Waals surface area contributed by atoms with Gasteiger partial charge in [-0.2, -0.15) is 0 Å². The average molecular weight is 271 g/mol. The molecule has 19 heavy (non-hydrogen) atoms. The van der Waals surface area contributed by atoms with E-state index in [2.05, 4.69) is 12.2 Å². The molecule has 0 bridgehead atoms. The normalized spacial score (nSPS) is 18.2. The standard InChI is InChI=1S/C15H29NO3/c1-3-5-6-7-8-14(15(17)18-4-2)19-13-9-11-16-12-10-13/h13-14,16H,3-12H2,1-2H3. The lowest BCUT2D eigenvalue weighted by atomic mass is 10.1. The number of carbonyl (C=O) groups excluding carboxylic acids is 1. The maximum Gasteiger partial charge on any atom is 0.335 e. The maximum absolute atomic E-state index is 11.9. The summed E-state index contributed by atoms with van der Waals surface area (Å²) in [4.78, 5) is 11.9. The fourth-order valence-corrected chi connectivity index (χ4v) is 2.40. The molecule has 112 valence electrons. The Morgan fingerprint density at radius 2 is 1.95 bits per heavy atom. The van der Waals surface area contributed by atoms with Gasteiger partial charge in [0.1, 0.15) is 0 Å². The predicted octanol–water partition coefficient (Wildman–Crippen LogP) is 2.66. The van der Waals surface area contributed by atoms with Gasteiger partial charge in [0.25, 0.3) is 0 Å². The van der Waals surface area contributed by atoms with Crippen LogP contribution in [0.4, 0.5) is 0 Å². The fraction of sp³-hybridized carbons (Fsp3) is 0.933. The quantitative estimate of drug-likeness (QED) is 0.517. The summed E-state index contributed by atoms with van der Waals surface area (Å²) < 4.78 is 11.1. The molecule has 1 N–H and O–H groups in total. The van der Waals surface area contributed by atoms with Gasteiger partial charge >= 0.3 is 5.97 Å². The van der Waals surface area contributed by atoms with Gasteiger partial charge in [-0.05, 0) is 39.3 Å². The van der Waals surface area contributed by atoms with Gasteiger partial charge < -0.3 is 14.8 Å². The highest BCUT2D eigenvalue weighted by Gasteiger charge is 2.25. The van der Waals surface area contributed by atoms with Crippen molar-refractivity contribution in [3.63, 3.8) is 0 Å². The zero-order valence-corrected chi connectivity index (χ0v) is 12.5. The van der Waals surface area contributed by atoms with Crippen molar-refractivity contribution in [2.75, 3.05) is 19.7 Å². The first-order chi connectivity index (χ1) is 9.27.